The van der Waals surface area contributed by atoms with Gasteiger partial charge in [-0.15, -0.1) is 0 Å². The van der Waals surface area contributed by atoms with Crippen LogP contribution in [0.5, 0.6) is 5.75 Å². The molecule has 1 aliphatic heterocycles. The van der Waals surface area contributed by atoms with E-state index in [-0.39, 0.29) is 11.8 Å². The van der Waals surface area contributed by atoms with Crippen LogP contribution in [0.15, 0.2) is 12.1 Å². The minimum absolute atomic E-state index is 0.0864. The monoisotopic (exact) mass is 327 g/mol. The van der Waals surface area contributed by atoms with Crippen molar-refractivity contribution in [2.45, 2.75) is 19.9 Å². The van der Waals surface area contributed by atoms with Gasteiger partial charge in [-0.1, -0.05) is 6.07 Å². The van der Waals surface area contributed by atoms with Crippen LogP contribution in [-0.2, 0) is 6.54 Å². The van der Waals surface area contributed by atoms with Gasteiger partial charge in [-0.3, -0.25) is 4.90 Å². The molecule has 2 N–H and O–H groups in total. The Morgan fingerprint density at radius 2 is 2.13 bits per heavy atom. The van der Waals surface area contributed by atoms with Crippen molar-refractivity contribution in [2.75, 3.05) is 33.3 Å². The van der Waals surface area contributed by atoms with E-state index in [0.29, 0.717) is 31.1 Å². The number of halogens is 2. The Kier molecular flexibility index (Phi) is 6.15. The zero-order chi connectivity index (χ0) is 16.8. The summed E-state index contributed by atoms with van der Waals surface area (Å²) < 4.78 is 32.5. The normalized spacial score (nSPS) is 18.0. The highest BCUT2D eigenvalue weighted by Crippen LogP contribution is 2.25. The fourth-order valence-corrected chi connectivity index (χ4v) is 2.78. The van der Waals surface area contributed by atoms with Gasteiger partial charge in [-0.25, -0.2) is 9.18 Å². The van der Waals surface area contributed by atoms with Crippen LogP contribution in [0, 0.1) is 17.6 Å². The van der Waals surface area contributed by atoms with Gasteiger partial charge in [0.05, 0.1) is 7.11 Å². The maximum absolute atomic E-state index is 14.0. The molecule has 1 heterocycles. The number of hydrogen-bond acceptors (Lipinski definition) is 3. The van der Waals surface area contributed by atoms with Crippen LogP contribution in [-0.4, -0.2) is 44.2 Å². The molecule has 0 saturated carbocycles. The third-order valence-corrected chi connectivity index (χ3v) is 4.00. The lowest BCUT2D eigenvalue weighted by Gasteiger charge is -2.17. The van der Waals surface area contributed by atoms with E-state index in [1.165, 1.54) is 13.2 Å². The molecule has 1 atom stereocenters. The molecule has 1 aromatic carbocycles. The summed E-state index contributed by atoms with van der Waals surface area (Å²) in [6.07, 6.45) is 0.923. The predicted octanol–water partition coefficient (Wildman–Crippen LogP) is 2.11. The van der Waals surface area contributed by atoms with Crippen molar-refractivity contribution in [3.05, 3.63) is 29.3 Å². The molecule has 0 unspecified atom stereocenters. The zero-order valence-electron chi connectivity index (χ0n) is 13.5. The molecule has 1 fully saturated rings. The first kappa shape index (κ1) is 17.5. The average molecular weight is 327 g/mol. The second kappa shape index (κ2) is 8.10. The molecule has 5 nitrogen and oxygen atoms in total. The van der Waals surface area contributed by atoms with Crippen LogP contribution in [0.25, 0.3) is 0 Å². The van der Waals surface area contributed by atoms with Crippen molar-refractivity contribution < 1.29 is 18.3 Å². The van der Waals surface area contributed by atoms with E-state index in [2.05, 4.69) is 15.5 Å². The fraction of sp³-hybridized carbons (Fsp3) is 0.562. The summed E-state index contributed by atoms with van der Waals surface area (Å²) in [4.78, 5) is 13.4. The molecule has 0 aliphatic carbocycles. The molecular weight excluding hydrogens is 304 g/mol. The van der Waals surface area contributed by atoms with E-state index in [1.807, 2.05) is 6.92 Å². The third-order valence-electron chi connectivity index (χ3n) is 4.00. The van der Waals surface area contributed by atoms with Gasteiger partial charge < -0.3 is 15.4 Å². The Morgan fingerprint density at radius 3 is 2.83 bits per heavy atom. The zero-order valence-corrected chi connectivity index (χ0v) is 13.5. The molecule has 0 spiro atoms. The second-order valence-electron chi connectivity index (χ2n) is 5.69. The van der Waals surface area contributed by atoms with Gasteiger partial charge in [0.25, 0.3) is 0 Å². The van der Waals surface area contributed by atoms with Gasteiger partial charge in [0.1, 0.15) is 0 Å². The number of nitrogens with zero attached hydrogens (tertiary/aromatic N) is 1. The summed E-state index contributed by atoms with van der Waals surface area (Å²) in [7, 11) is 1.31. The summed E-state index contributed by atoms with van der Waals surface area (Å²) in [5.41, 5.74) is 0.320. The van der Waals surface area contributed by atoms with Gasteiger partial charge in [-0.2, -0.15) is 4.39 Å². The Morgan fingerprint density at radius 1 is 1.35 bits per heavy atom. The number of rotatable bonds is 6. The summed E-state index contributed by atoms with van der Waals surface area (Å²) in [5, 5.41) is 5.50. The number of hydrogen-bond donors (Lipinski definition) is 2. The van der Waals surface area contributed by atoms with Crippen molar-refractivity contribution in [3.63, 3.8) is 0 Å². The van der Waals surface area contributed by atoms with Crippen LogP contribution in [0.2, 0.25) is 0 Å². The first-order chi connectivity index (χ1) is 11.0. The number of carbonyl (C=O) groups excluding carboxylic acids is 1. The van der Waals surface area contributed by atoms with Crippen molar-refractivity contribution in [1.29, 1.82) is 0 Å². The summed E-state index contributed by atoms with van der Waals surface area (Å²) in [6, 6.07) is 2.82. The van der Waals surface area contributed by atoms with E-state index in [0.717, 1.165) is 19.5 Å². The maximum atomic E-state index is 14.0. The molecule has 23 heavy (non-hydrogen) atoms. The molecule has 2 amide bonds. The van der Waals surface area contributed by atoms with Crippen molar-refractivity contribution in [1.82, 2.24) is 15.5 Å². The van der Waals surface area contributed by atoms with E-state index >= 15 is 0 Å². The molecule has 7 heteroatoms. The van der Waals surface area contributed by atoms with Crippen LogP contribution in [0.4, 0.5) is 13.6 Å². The molecule has 1 aromatic rings. The summed E-state index contributed by atoms with van der Waals surface area (Å²) >= 11 is 0. The Balaban J connectivity index is 1.86. The minimum Gasteiger partial charge on any atom is -0.494 e. The number of carbonyl (C=O) groups is 1. The predicted molar refractivity (Wildman–Crippen MR) is 83.4 cm³/mol. The lowest BCUT2D eigenvalue weighted by molar-refractivity contribution is 0.239. The van der Waals surface area contributed by atoms with E-state index in [1.54, 1.807) is 6.07 Å². The SMILES string of the molecule is CCNC(=O)NC[C@@H]1CCN(Cc2ccc(OC)c(F)c2F)C1. The highest BCUT2D eigenvalue weighted by atomic mass is 19.2. The fourth-order valence-electron chi connectivity index (χ4n) is 2.78. The van der Waals surface area contributed by atoms with Crippen molar-refractivity contribution in [2.24, 2.45) is 5.92 Å². The second-order valence-corrected chi connectivity index (χ2v) is 5.69. The number of nitrogens with one attached hydrogen (secondary N) is 2. The topological polar surface area (TPSA) is 53.6 Å². The number of benzene rings is 1. The first-order valence-corrected chi connectivity index (χ1v) is 7.80. The molecule has 0 aromatic heterocycles. The van der Waals surface area contributed by atoms with E-state index in [4.69, 9.17) is 4.74 Å². The minimum atomic E-state index is -0.946. The number of likely N-dealkylation sites (tertiary alicyclic amines) is 1. The molecule has 128 valence electrons. The van der Waals surface area contributed by atoms with Gasteiger partial charge in [0.2, 0.25) is 5.82 Å². The number of urea groups is 1. The van der Waals surface area contributed by atoms with Gasteiger partial charge in [0, 0.05) is 31.7 Å². The van der Waals surface area contributed by atoms with Crippen molar-refractivity contribution >= 4 is 6.03 Å². The lowest BCUT2D eigenvalue weighted by atomic mass is 10.1. The lowest BCUT2D eigenvalue weighted by Crippen LogP contribution is -2.38. The highest BCUT2D eigenvalue weighted by Gasteiger charge is 2.24. The first-order valence-electron chi connectivity index (χ1n) is 7.80. The highest BCUT2D eigenvalue weighted by molar-refractivity contribution is 5.73. The standard InChI is InChI=1S/C16H23F2N3O2/c1-3-19-16(22)20-8-11-6-7-21(9-11)10-12-4-5-13(23-2)15(18)14(12)17/h4-5,11H,3,6-10H2,1-2H3,(H2,19,20,22)/t11-/m0/s1. The maximum Gasteiger partial charge on any atom is 0.314 e. The average Bonchev–Trinajstić information content (AvgIpc) is 2.98. The summed E-state index contributed by atoms with van der Waals surface area (Å²) in [5.74, 6) is -1.56. The largest absolute Gasteiger partial charge is 0.494 e. The Labute approximate surface area is 135 Å². The van der Waals surface area contributed by atoms with Crippen LogP contribution in [0.3, 0.4) is 0 Å². The third kappa shape index (κ3) is 4.54. The van der Waals surface area contributed by atoms with E-state index in [9.17, 15) is 13.6 Å². The van der Waals surface area contributed by atoms with Crippen LogP contribution in [0.1, 0.15) is 18.9 Å². The quantitative estimate of drug-likeness (QED) is 0.841. The van der Waals surface area contributed by atoms with Gasteiger partial charge in [0.15, 0.2) is 11.6 Å². The van der Waals surface area contributed by atoms with E-state index < -0.39 is 11.6 Å². The molecule has 1 aliphatic rings. The summed E-state index contributed by atoms with van der Waals surface area (Å²) in [6.45, 7) is 4.94. The molecule has 2 rings (SSSR count). The van der Waals surface area contributed by atoms with Gasteiger partial charge >= 0.3 is 6.03 Å². The van der Waals surface area contributed by atoms with Crippen molar-refractivity contribution in [3.8, 4) is 5.75 Å². The molecule has 1 saturated heterocycles. The number of ether oxygens (including phenoxy) is 1. The number of amides is 2. The molecular formula is C16H23F2N3O2. The smallest absolute Gasteiger partial charge is 0.314 e. The van der Waals surface area contributed by atoms with Gasteiger partial charge in [-0.05, 0) is 31.9 Å². The number of methoxy groups -OCH3 is 1. The van der Waals surface area contributed by atoms with Crippen LogP contribution >= 0.6 is 0 Å². The molecule has 0 radical (unpaired) electrons. The Bertz CT molecular complexity index is 554. The Hall–Kier alpha value is -1.89. The van der Waals surface area contributed by atoms with Crippen LogP contribution < -0.4 is 15.4 Å². The molecule has 0 bridgehead atoms.